The summed E-state index contributed by atoms with van der Waals surface area (Å²) >= 11 is 13.3. The van der Waals surface area contributed by atoms with E-state index < -0.39 is 22.6 Å². The summed E-state index contributed by atoms with van der Waals surface area (Å²) in [7, 11) is 0. The number of nitrogens with one attached hydrogen (secondary N) is 1. The molecule has 28 heavy (non-hydrogen) atoms. The van der Waals surface area contributed by atoms with Crippen molar-refractivity contribution in [3.63, 3.8) is 0 Å². The number of hydrogen-bond donors (Lipinski definition) is 2. The fourth-order valence-corrected chi connectivity index (χ4v) is 6.11. The van der Waals surface area contributed by atoms with Crippen molar-refractivity contribution >= 4 is 29.1 Å². The van der Waals surface area contributed by atoms with Crippen LogP contribution in [0, 0.1) is 19.8 Å². The number of rotatable bonds is 6. The van der Waals surface area contributed by atoms with Crippen molar-refractivity contribution in [2.75, 3.05) is 0 Å². The van der Waals surface area contributed by atoms with Crippen molar-refractivity contribution in [1.29, 1.82) is 0 Å². The third-order valence-electron chi connectivity index (χ3n) is 6.59. The molecule has 1 aromatic rings. The average molecular weight is 428 g/mol. The fourth-order valence-electron chi connectivity index (χ4n) is 4.89. The number of alkyl halides is 2. The van der Waals surface area contributed by atoms with Crippen LogP contribution in [0.15, 0.2) is 18.2 Å². The van der Waals surface area contributed by atoms with Crippen LogP contribution < -0.4 is 10.1 Å². The topological polar surface area (TPSA) is 58.6 Å². The quantitative estimate of drug-likeness (QED) is 0.519. The molecule has 6 atom stereocenters. The number of aryl methyl sites for hydroxylation is 2. The summed E-state index contributed by atoms with van der Waals surface area (Å²) < 4.78 is 6.48. The number of aliphatic hydroxyl groups excluding tert-OH is 1. The number of amides is 1. The molecule has 2 N–H and O–H groups in total. The molecule has 3 rings (SSSR count). The summed E-state index contributed by atoms with van der Waals surface area (Å²) in [5, 5.41) is 13.4. The lowest BCUT2D eigenvalue weighted by Crippen LogP contribution is -2.90. The van der Waals surface area contributed by atoms with Crippen molar-refractivity contribution in [3.05, 3.63) is 29.3 Å². The summed E-state index contributed by atoms with van der Waals surface area (Å²) in [5.41, 5.74) is -0.0413. The molecule has 2 fully saturated rings. The number of hydrogen-bond acceptors (Lipinski definition) is 3. The lowest BCUT2D eigenvalue weighted by atomic mass is 9.58. The van der Waals surface area contributed by atoms with E-state index >= 15 is 0 Å². The van der Waals surface area contributed by atoms with Crippen molar-refractivity contribution in [2.45, 2.75) is 87.8 Å². The first-order valence-corrected chi connectivity index (χ1v) is 11.1. The summed E-state index contributed by atoms with van der Waals surface area (Å²) in [6.45, 7) is 8.09. The lowest BCUT2D eigenvalue weighted by Gasteiger charge is -2.63. The molecule has 0 aromatic heterocycles. The van der Waals surface area contributed by atoms with Crippen LogP contribution in [0.5, 0.6) is 5.75 Å². The van der Waals surface area contributed by atoms with Gasteiger partial charge in [-0.15, -0.1) is 23.2 Å². The second-order valence-electron chi connectivity index (χ2n) is 8.41. The number of β-lactam (4-membered cyclic amide) rings is 1. The minimum atomic E-state index is -1.17. The first kappa shape index (κ1) is 21.7. The third kappa shape index (κ3) is 3.22. The molecule has 1 saturated heterocycles. The zero-order valence-corrected chi connectivity index (χ0v) is 18.6. The Hall–Kier alpha value is -0.970. The molecule has 1 spiro atoms. The monoisotopic (exact) mass is 427 g/mol. The van der Waals surface area contributed by atoms with E-state index in [2.05, 4.69) is 12.2 Å². The fraction of sp³-hybridized carbons (Fsp3) is 0.682. The summed E-state index contributed by atoms with van der Waals surface area (Å²) in [5.74, 6) is 0.465. The van der Waals surface area contributed by atoms with E-state index in [1.807, 2.05) is 39.0 Å². The maximum atomic E-state index is 13.0. The second kappa shape index (κ2) is 8.04. The Morgan fingerprint density at radius 3 is 2.57 bits per heavy atom. The van der Waals surface area contributed by atoms with Gasteiger partial charge in [0.1, 0.15) is 11.3 Å². The SMILES string of the molecule is CCCCC1(Oc2ccc(C)cc2C)C(=O)NC12CC(Cl)C(CC)C(Cl)C2O. The molecule has 1 aliphatic heterocycles. The molecule has 4 nitrogen and oxygen atoms in total. The highest BCUT2D eigenvalue weighted by molar-refractivity contribution is 6.25. The highest BCUT2D eigenvalue weighted by Crippen LogP contribution is 2.52. The number of ether oxygens (including phenoxy) is 1. The number of benzene rings is 1. The molecule has 0 bridgehead atoms. The molecule has 1 aliphatic carbocycles. The first-order chi connectivity index (χ1) is 13.2. The highest BCUT2D eigenvalue weighted by Gasteiger charge is 2.74. The maximum absolute atomic E-state index is 13.0. The zero-order chi connectivity index (χ0) is 20.7. The second-order valence-corrected chi connectivity index (χ2v) is 9.47. The molecule has 0 radical (unpaired) electrons. The predicted octanol–water partition coefficient (Wildman–Crippen LogP) is 4.49. The average Bonchev–Trinajstić information content (AvgIpc) is 2.64. The van der Waals surface area contributed by atoms with Gasteiger partial charge in [0.25, 0.3) is 5.91 Å². The molecule has 1 heterocycles. The Morgan fingerprint density at radius 1 is 1.29 bits per heavy atom. The Morgan fingerprint density at radius 2 is 2.00 bits per heavy atom. The molecule has 6 unspecified atom stereocenters. The first-order valence-electron chi connectivity index (χ1n) is 10.3. The number of unbranched alkanes of at least 4 members (excludes halogenated alkanes) is 1. The van der Waals surface area contributed by atoms with Gasteiger partial charge in [0.05, 0.1) is 11.5 Å². The molecule has 1 amide bonds. The minimum absolute atomic E-state index is 0.00792. The highest BCUT2D eigenvalue weighted by atomic mass is 35.5. The van der Waals surface area contributed by atoms with Crippen LogP contribution in [0.1, 0.15) is 57.1 Å². The Kier molecular flexibility index (Phi) is 6.24. The van der Waals surface area contributed by atoms with E-state index in [0.29, 0.717) is 18.6 Å². The van der Waals surface area contributed by atoms with Crippen LogP contribution in [-0.2, 0) is 4.79 Å². The minimum Gasteiger partial charge on any atom is -0.475 e. The predicted molar refractivity (Wildman–Crippen MR) is 113 cm³/mol. The molecule has 1 saturated carbocycles. The van der Waals surface area contributed by atoms with Gasteiger partial charge in [-0.3, -0.25) is 4.79 Å². The van der Waals surface area contributed by atoms with Gasteiger partial charge in [0.15, 0.2) is 0 Å². The van der Waals surface area contributed by atoms with Crippen LogP contribution in [0.4, 0.5) is 0 Å². The van der Waals surface area contributed by atoms with Gasteiger partial charge in [0, 0.05) is 5.38 Å². The van der Waals surface area contributed by atoms with Crippen LogP contribution in [0.2, 0.25) is 0 Å². The lowest BCUT2D eigenvalue weighted by molar-refractivity contribution is -0.195. The molecular formula is C22H31Cl2NO3. The molecule has 156 valence electrons. The van der Waals surface area contributed by atoms with Gasteiger partial charge in [-0.2, -0.15) is 0 Å². The van der Waals surface area contributed by atoms with Crippen molar-refractivity contribution in [2.24, 2.45) is 5.92 Å². The summed E-state index contributed by atoms with van der Waals surface area (Å²) in [4.78, 5) is 13.0. The van der Waals surface area contributed by atoms with E-state index in [1.165, 1.54) is 0 Å². The molecule has 1 aromatic carbocycles. The third-order valence-corrected chi connectivity index (χ3v) is 7.63. The van der Waals surface area contributed by atoms with E-state index in [0.717, 1.165) is 30.4 Å². The van der Waals surface area contributed by atoms with E-state index in [-0.39, 0.29) is 17.2 Å². The van der Waals surface area contributed by atoms with Crippen molar-refractivity contribution < 1.29 is 14.6 Å². The van der Waals surface area contributed by atoms with Crippen molar-refractivity contribution in [1.82, 2.24) is 5.32 Å². The zero-order valence-electron chi connectivity index (χ0n) is 17.1. The Balaban J connectivity index is 2.03. The standard InChI is InChI=1S/C22H31Cl2NO3/c1-5-7-10-22(28-17-9-8-13(3)11-14(17)4)20(27)25-21(22)12-16(23)15(6-2)18(24)19(21)26/h8-9,11,15-16,18-19,26H,5-7,10,12H2,1-4H3,(H,25,27). The largest absolute Gasteiger partial charge is 0.475 e. The van der Waals surface area contributed by atoms with Gasteiger partial charge in [-0.05, 0) is 50.7 Å². The van der Waals surface area contributed by atoms with Gasteiger partial charge >= 0.3 is 0 Å². The normalized spacial score (nSPS) is 37.5. The number of halogens is 2. The Bertz CT molecular complexity index is 742. The summed E-state index contributed by atoms with van der Waals surface area (Å²) in [6, 6.07) is 5.90. The maximum Gasteiger partial charge on any atom is 0.267 e. The van der Waals surface area contributed by atoms with Gasteiger partial charge < -0.3 is 15.2 Å². The van der Waals surface area contributed by atoms with Crippen molar-refractivity contribution in [3.8, 4) is 5.75 Å². The van der Waals surface area contributed by atoms with Crippen LogP contribution in [-0.4, -0.2) is 39.0 Å². The smallest absolute Gasteiger partial charge is 0.267 e. The molecular weight excluding hydrogens is 397 g/mol. The van der Waals surface area contributed by atoms with E-state index in [9.17, 15) is 9.90 Å². The van der Waals surface area contributed by atoms with Crippen LogP contribution in [0.3, 0.4) is 0 Å². The van der Waals surface area contributed by atoms with E-state index in [1.54, 1.807) is 0 Å². The van der Waals surface area contributed by atoms with Crippen LogP contribution in [0.25, 0.3) is 0 Å². The number of carbonyl (C=O) groups is 1. The van der Waals surface area contributed by atoms with Crippen LogP contribution >= 0.6 is 23.2 Å². The number of aliphatic hydroxyl groups is 1. The van der Waals surface area contributed by atoms with Gasteiger partial charge in [-0.25, -0.2) is 0 Å². The van der Waals surface area contributed by atoms with Gasteiger partial charge in [0.2, 0.25) is 5.60 Å². The summed E-state index contributed by atoms with van der Waals surface area (Å²) in [6.07, 6.45) is 2.55. The van der Waals surface area contributed by atoms with Gasteiger partial charge in [-0.1, -0.05) is 44.4 Å². The molecule has 2 aliphatic rings. The number of carbonyl (C=O) groups excluding carboxylic acids is 1. The molecule has 6 heteroatoms. The Labute approximate surface area is 177 Å². The van der Waals surface area contributed by atoms with E-state index in [4.69, 9.17) is 27.9 Å².